The van der Waals surface area contributed by atoms with Gasteiger partial charge in [0, 0.05) is 6.42 Å². The zero-order valence-corrected chi connectivity index (χ0v) is 28.4. The van der Waals surface area contributed by atoms with Gasteiger partial charge in [0.05, 0.1) is 19.5 Å². The summed E-state index contributed by atoms with van der Waals surface area (Å²) in [6, 6.07) is 22.3. The van der Waals surface area contributed by atoms with Crippen molar-refractivity contribution in [3.63, 3.8) is 0 Å². The summed E-state index contributed by atoms with van der Waals surface area (Å²) in [6.45, 7) is 9.31. The van der Waals surface area contributed by atoms with Crippen molar-refractivity contribution in [1.82, 2.24) is 4.57 Å². The fourth-order valence-corrected chi connectivity index (χ4v) is 6.64. The third kappa shape index (κ3) is 13.9. The Morgan fingerprint density at radius 3 is 1.63 bits per heavy atom. The standard InChI is InChI=1S/C41H65N2/c1-4-6-8-10-11-12-13-14-15-16-17-18-19-27-33-43-40(34-37(3)39-30-24-21-25-31-39)36-42(32-26-9-7-5-2)41(43)35-38-28-22-20-23-29-38/h20-25,28-31,36-37H,4-19,26-27,32-35H2,1-3H3/q+1. The van der Waals surface area contributed by atoms with Crippen molar-refractivity contribution in [3.05, 3.63) is 89.5 Å². The van der Waals surface area contributed by atoms with Crippen LogP contribution in [0.5, 0.6) is 0 Å². The van der Waals surface area contributed by atoms with E-state index < -0.39 is 0 Å². The number of hydrogen-bond donors (Lipinski definition) is 0. The Hall–Kier alpha value is -2.35. The second-order valence-electron chi connectivity index (χ2n) is 13.2. The molecule has 43 heavy (non-hydrogen) atoms. The van der Waals surface area contributed by atoms with Crippen LogP contribution in [0, 0.1) is 0 Å². The molecule has 0 aliphatic carbocycles. The molecule has 0 amide bonds. The van der Waals surface area contributed by atoms with Crippen molar-refractivity contribution in [3.8, 4) is 0 Å². The zero-order valence-electron chi connectivity index (χ0n) is 28.4. The Balaban J connectivity index is 1.57. The Morgan fingerprint density at radius 1 is 0.581 bits per heavy atom. The fourth-order valence-electron chi connectivity index (χ4n) is 6.64. The van der Waals surface area contributed by atoms with E-state index >= 15 is 0 Å². The molecule has 2 heteroatoms. The maximum absolute atomic E-state index is 2.73. The average molecular weight is 586 g/mol. The number of aromatic nitrogens is 2. The van der Waals surface area contributed by atoms with E-state index in [9.17, 15) is 0 Å². The van der Waals surface area contributed by atoms with Crippen LogP contribution in [0.4, 0.5) is 0 Å². The Bertz CT molecular complexity index is 1070. The smallest absolute Gasteiger partial charge is 0.234 e. The minimum Gasteiger partial charge on any atom is -0.234 e. The summed E-state index contributed by atoms with van der Waals surface area (Å²) < 4.78 is 5.35. The molecule has 238 valence electrons. The van der Waals surface area contributed by atoms with Crippen LogP contribution in [0.25, 0.3) is 0 Å². The topological polar surface area (TPSA) is 8.81 Å². The van der Waals surface area contributed by atoms with Crippen molar-refractivity contribution in [2.75, 3.05) is 0 Å². The monoisotopic (exact) mass is 586 g/mol. The molecule has 0 radical (unpaired) electrons. The van der Waals surface area contributed by atoms with E-state index in [0.29, 0.717) is 5.92 Å². The van der Waals surface area contributed by atoms with E-state index in [2.05, 4.69) is 96.8 Å². The molecular formula is C41H65N2+. The largest absolute Gasteiger partial charge is 0.261 e. The number of imidazole rings is 1. The van der Waals surface area contributed by atoms with Gasteiger partial charge in [-0.05, 0) is 42.7 Å². The van der Waals surface area contributed by atoms with Crippen LogP contribution in [0.15, 0.2) is 66.9 Å². The molecule has 1 heterocycles. The maximum atomic E-state index is 2.73. The lowest BCUT2D eigenvalue weighted by Gasteiger charge is -2.12. The molecule has 2 aromatic carbocycles. The van der Waals surface area contributed by atoms with E-state index in [4.69, 9.17) is 0 Å². The Labute approximate surface area is 266 Å². The van der Waals surface area contributed by atoms with Crippen LogP contribution in [0.1, 0.15) is 165 Å². The summed E-state index contributed by atoms with van der Waals surface area (Å²) >= 11 is 0. The lowest BCUT2D eigenvalue weighted by molar-refractivity contribution is -0.710. The second kappa shape index (κ2) is 22.2. The fraction of sp³-hybridized carbons (Fsp3) is 0.634. The third-order valence-electron chi connectivity index (χ3n) is 9.37. The molecular weight excluding hydrogens is 520 g/mol. The van der Waals surface area contributed by atoms with E-state index in [1.807, 2.05) is 0 Å². The van der Waals surface area contributed by atoms with Crippen molar-refractivity contribution in [2.45, 2.75) is 168 Å². The van der Waals surface area contributed by atoms with E-state index in [1.54, 1.807) is 0 Å². The summed E-state index contributed by atoms with van der Waals surface area (Å²) in [7, 11) is 0. The first-order chi connectivity index (χ1) is 21.2. The first kappa shape index (κ1) is 35.1. The quantitative estimate of drug-likeness (QED) is 0.0690. The van der Waals surface area contributed by atoms with Gasteiger partial charge in [-0.1, -0.05) is 171 Å². The molecule has 0 saturated heterocycles. The highest BCUT2D eigenvalue weighted by Gasteiger charge is 2.25. The molecule has 1 aromatic heterocycles. The Kier molecular flexibility index (Phi) is 18.1. The van der Waals surface area contributed by atoms with Gasteiger partial charge >= 0.3 is 0 Å². The van der Waals surface area contributed by atoms with E-state index in [1.165, 1.54) is 138 Å². The van der Waals surface area contributed by atoms with Gasteiger partial charge in [-0.25, -0.2) is 9.13 Å². The molecule has 2 nitrogen and oxygen atoms in total. The predicted octanol–water partition coefficient (Wildman–Crippen LogP) is 11.8. The summed E-state index contributed by atoms with van der Waals surface area (Å²) in [4.78, 5) is 0. The summed E-state index contributed by atoms with van der Waals surface area (Å²) in [5.74, 6) is 2.02. The van der Waals surface area contributed by atoms with Crippen LogP contribution < -0.4 is 4.57 Å². The molecule has 0 aliphatic heterocycles. The van der Waals surface area contributed by atoms with Crippen molar-refractivity contribution < 1.29 is 4.57 Å². The summed E-state index contributed by atoms with van der Waals surface area (Å²) in [5, 5.41) is 0. The third-order valence-corrected chi connectivity index (χ3v) is 9.37. The van der Waals surface area contributed by atoms with E-state index in [0.717, 1.165) is 25.9 Å². The van der Waals surface area contributed by atoms with Gasteiger partial charge in [-0.15, -0.1) is 0 Å². The van der Waals surface area contributed by atoms with Crippen LogP contribution in [-0.2, 0) is 25.9 Å². The molecule has 0 aliphatic rings. The van der Waals surface area contributed by atoms with Gasteiger partial charge in [0.25, 0.3) is 5.82 Å². The highest BCUT2D eigenvalue weighted by atomic mass is 15.2. The predicted molar refractivity (Wildman–Crippen MR) is 187 cm³/mol. The van der Waals surface area contributed by atoms with Gasteiger partial charge in [0.1, 0.15) is 11.9 Å². The maximum Gasteiger partial charge on any atom is 0.261 e. The summed E-state index contributed by atoms with van der Waals surface area (Å²) in [5.41, 5.74) is 4.39. The van der Waals surface area contributed by atoms with E-state index in [-0.39, 0.29) is 0 Å². The van der Waals surface area contributed by atoms with Crippen molar-refractivity contribution in [2.24, 2.45) is 0 Å². The molecule has 0 saturated carbocycles. The number of unbranched alkanes of at least 4 members (excludes halogenated alkanes) is 16. The average Bonchev–Trinajstić information content (AvgIpc) is 3.35. The highest BCUT2D eigenvalue weighted by molar-refractivity contribution is 5.21. The normalized spacial score (nSPS) is 12.2. The number of hydrogen-bond acceptors (Lipinski definition) is 0. The molecule has 0 spiro atoms. The molecule has 3 rings (SSSR count). The van der Waals surface area contributed by atoms with Gasteiger partial charge in [-0.3, -0.25) is 0 Å². The molecule has 0 bridgehead atoms. The number of nitrogens with zero attached hydrogens (tertiary/aromatic N) is 2. The van der Waals surface area contributed by atoms with Gasteiger partial charge in [-0.2, -0.15) is 0 Å². The minimum absolute atomic E-state index is 0.518. The van der Waals surface area contributed by atoms with Crippen LogP contribution in [0.3, 0.4) is 0 Å². The van der Waals surface area contributed by atoms with Crippen molar-refractivity contribution >= 4 is 0 Å². The van der Waals surface area contributed by atoms with Gasteiger partial charge in [0.2, 0.25) is 0 Å². The molecule has 0 fully saturated rings. The number of rotatable bonds is 25. The number of aryl methyl sites for hydroxylation is 1. The molecule has 3 aromatic rings. The van der Waals surface area contributed by atoms with Crippen LogP contribution in [-0.4, -0.2) is 4.57 Å². The summed E-state index contributed by atoms with van der Waals surface area (Å²) in [6.07, 6.45) is 29.7. The molecule has 0 N–H and O–H groups in total. The second-order valence-corrected chi connectivity index (χ2v) is 13.2. The minimum atomic E-state index is 0.518. The highest BCUT2D eigenvalue weighted by Crippen LogP contribution is 2.21. The lowest BCUT2D eigenvalue weighted by atomic mass is 9.96. The molecule has 1 atom stereocenters. The first-order valence-electron chi connectivity index (χ1n) is 18.4. The van der Waals surface area contributed by atoms with Crippen LogP contribution in [0.2, 0.25) is 0 Å². The molecule has 1 unspecified atom stereocenters. The van der Waals surface area contributed by atoms with Gasteiger partial charge in [0.15, 0.2) is 0 Å². The van der Waals surface area contributed by atoms with Crippen molar-refractivity contribution in [1.29, 1.82) is 0 Å². The SMILES string of the molecule is CCCCCCCCCCCCCCCC[n+]1c(CC(C)c2ccccc2)cn(CCCCCC)c1Cc1ccccc1. The Morgan fingerprint density at radius 2 is 1.07 bits per heavy atom. The lowest BCUT2D eigenvalue weighted by Crippen LogP contribution is -2.41. The first-order valence-corrected chi connectivity index (χ1v) is 18.4. The number of benzene rings is 2. The zero-order chi connectivity index (χ0) is 30.4. The van der Waals surface area contributed by atoms with Gasteiger partial charge < -0.3 is 0 Å². The van der Waals surface area contributed by atoms with Crippen LogP contribution >= 0.6 is 0 Å².